The predicted molar refractivity (Wildman–Crippen MR) is 82.1 cm³/mol. The minimum absolute atomic E-state index is 0.0590. The molecule has 1 aromatic carbocycles. The molecule has 0 radical (unpaired) electrons. The lowest BCUT2D eigenvalue weighted by Gasteiger charge is -2.22. The summed E-state index contributed by atoms with van der Waals surface area (Å²) < 4.78 is 28.7. The number of hydrogen-bond donors (Lipinski definition) is 1. The van der Waals surface area contributed by atoms with E-state index in [1.54, 1.807) is 0 Å². The summed E-state index contributed by atoms with van der Waals surface area (Å²) in [7, 11) is -3.33. The number of likely N-dealkylation sites (tertiary alicyclic amines) is 1. The average molecular weight is 327 g/mol. The van der Waals surface area contributed by atoms with Gasteiger partial charge < -0.3 is 14.7 Å². The minimum Gasteiger partial charge on any atom is -0.445 e. The number of benzene rings is 1. The highest BCUT2D eigenvalue weighted by Gasteiger charge is 2.32. The van der Waals surface area contributed by atoms with Crippen molar-refractivity contribution in [2.75, 3.05) is 19.3 Å². The van der Waals surface area contributed by atoms with Gasteiger partial charge in [0.1, 0.15) is 6.61 Å². The zero-order valence-corrected chi connectivity index (χ0v) is 13.3. The molecule has 0 aromatic heterocycles. The number of carbonyl (C=O) groups is 1. The van der Waals surface area contributed by atoms with Crippen LogP contribution in [-0.2, 0) is 21.2 Å². The molecule has 122 valence electrons. The largest absolute Gasteiger partial charge is 0.445 e. The van der Waals surface area contributed by atoms with Crippen molar-refractivity contribution in [3.8, 4) is 0 Å². The van der Waals surface area contributed by atoms with Crippen LogP contribution in [0.5, 0.6) is 0 Å². The summed E-state index contributed by atoms with van der Waals surface area (Å²) in [6.07, 6.45) is 0.370. The molecule has 1 amide bonds. The second kappa shape index (κ2) is 7.11. The fourth-order valence-electron chi connectivity index (χ4n) is 2.42. The van der Waals surface area contributed by atoms with E-state index in [0.717, 1.165) is 11.8 Å². The molecular formula is C15H21NO5S. The van der Waals surface area contributed by atoms with E-state index in [0.29, 0.717) is 13.0 Å². The van der Waals surface area contributed by atoms with Gasteiger partial charge in [-0.05, 0) is 18.4 Å². The van der Waals surface area contributed by atoms with Gasteiger partial charge in [0, 0.05) is 19.3 Å². The molecule has 0 spiro atoms. The first-order valence-corrected chi connectivity index (χ1v) is 9.14. The van der Waals surface area contributed by atoms with Crippen LogP contribution in [0, 0.1) is 0 Å². The Hall–Kier alpha value is -1.60. The number of amides is 1. The second-order valence-electron chi connectivity index (χ2n) is 5.62. The van der Waals surface area contributed by atoms with Crippen LogP contribution < -0.4 is 0 Å². The molecule has 0 bridgehead atoms. The fraction of sp³-hybridized carbons (Fsp3) is 0.533. The summed E-state index contributed by atoms with van der Waals surface area (Å²) in [6, 6.07) is 9.27. The molecule has 2 rings (SSSR count). The quantitative estimate of drug-likeness (QED) is 0.901. The first-order valence-electron chi connectivity index (χ1n) is 7.19. The summed E-state index contributed by atoms with van der Waals surface area (Å²) in [4.78, 5) is 13.5. The molecule has 1 fully saturated rings. The summed E-state index contributed by atoms with van der Waals surface area (Å²) in [5.74, 6) is 0. The topological polar surface area (TPSA) is 83.9 Å². The Kier molecular flexibility index (Phi) is 5.42. The first-order chi connectivity index (χ1) is 10.4. The molecule has 0 aliphatic carbocycles. The number of nitrogens with zero attached hydrogens (tertiary/aromatic N) is 1. The highest BCUT2D eigenvalue weighted by atomic mass is 32.2. The monoisotopic (exact) mass is 327 g/mol. The Balaban J connectivity index is 1.98. The van der Waals surface area contributed by atoms with Gasteiger partial charge in [-0.2, -0.15) is 0 Å². The van der Waals surface area contributed by atoms with Crippen molar-refractivity contribution >= 4 is 15.9 Å². The van der Waals surface area contributed by atoms with Crippen LogP contribution in [0.1, 0.15) is 18.4 Å². The van der Waals surface area contributed by atoms with Crippen molar-refractivity contribution in [2.24, 2.45) is 0 Å². The SMILES string of the molecule is CS(=O)(=O)C1CC(O)CCN(C(=O)OCc2ccccc2)C1. The van der Waals surface area contributed by atoms with Crippen molar-refractivity contribution in [2.45, 2.75) is 30.8 Å². The Bertz CT molecular complexity index is 602. The number of carbonyl (C=O) groups excluding carboxylic acids is 1. The van der Waals surface area contributed by atoms with Crippen molar-refractivity contribution in [1.29, 1.82) is 0 Å². The summed E-state index contributed by atoms with van der Waals surface area (Å²) >= 11 is 0. The van der Waals surface area contributed by atoms with Gasteiger partial charge in [0.15, 0.2) is 9.84 Å². The molecule has 1 saturated heterocycles. The van der Waals surface area contributed by atoms with Crippen molar-refractivity contribution in [3.05, 3.63) is 35.9 Å². The number of sulfone groups is 1. The van der Waals surface area contributed by atoms with Gasteiger partial charge in [0.2, 0.25) is 0 Å². The molecule has 1 aliphatic rings. The Labute approximate surface area is 130 Å². The van der Waals surface area contributed by atoms with Gasteiger partial charge in [-0.3, -0.25) is 0 Å². The van der Waals surface area contributed by atoms with E-state index >= 15 is 0 Å². The number of rotatable bonds is 3. The molecule has 6 nitrogen and oxygen atoms in total. The lowest BCUT2D eigenvalue weighted by molar-refractivity contribution is 0.0951. The second-order valence-corrected chi connectivity index (χ2v) is 7.94. The van der Waals surface area contributed by atoms with Crippen LogP contribution in [0.25, 0.3) is 0 Å². The molecule has 2 unspecified atom stereocenters. The molecule has 1 aromatic rings. The van der Waals surface area contributed by atoms with Gasteiger partial charge >= 0.3 is 6.09 Å². The normalized spacial score (nSPS) is 22.9. The van der Waals surface area contributed by atoms with E-state index in [1.807, 2.05) is 30.3 Å². The van der Waals surface area contributed by atoms with E-state index in [4.69, 9.17) is 4.74 Å². The lowest BCUT2D eigenvalue weighted by Crippen LogP contribution is -2.39. The highest BCUT2D eigenvalue weighted by molar-refractivity contribution is 7.91. The maximum Gasteiger partial charge on any atom is 0.410 e. The number of aliphatic hydroxyl groups is 1. The van der Waals surface area contributed by atoms with Crippen LogP contribution in [-0.4, -0.2) is 55.2 Å². The fourth-order valence-corrected chi connectivity index (χ4v) is 3.45. The number of aliphatic hydroxyl groups excluding tert-OH is 1. The lowest BCUT2D eigenvalue weighted by atomic mass is 10.2. The van der Waals surface area contributed by atoms with Gasteiger partial charge in [0.25, 0.3) is 0 Å². The van der Waals surface area contributed by atoms with Crippen molar-refractivity contribution in [1.82, 2.24) is 4.90 Å². The predicted octanol–water partition coefficient (Wildman–Crippen LogP) is 1.19. The molecule has 0 saturated carbocycles. The third kappa shape index (κ3) is 4.71. The highest BCUT2D eigenvalue weighted by Crippen LogP contribution is 2.18. The smallest absolute Gasteiger partial charge is 0.410 e. The minimum atomic E-state index is -3.33. The molecule has 1 aliphatic heterocycles. The maximum atomic E-state index is 12.1. The summed E-state index contributed by atoms with van der Waals surface area (Å²) in [5, 5.41) is 9.03. The summed E-state index contributed by atoms with van der Waals surface area (Å²) in [6.45, 7) is 0.493. The van der Waals surface area contributed by atoms with Gasteiger partial charge in [0.05, 0.1) is 11.4 Å². The molecule has 7 heteroatoms. The molecule has 2 atom stereocenters. The standard InChI is InChI=1S/C15H21NO5S/c1-22(19,20)14-9-13(17)7-8-16(10-14)15(18)21-11-12-5-3-2-4-6-12/h2-6,13-14,17H,7-11H2,1H3. The van der Waals surface area contributed by atoms with Crippen molar-refractivity contribution < 1.29 is 23.1 Å². The molecule has 1 N–H and O–H groups in total. The molecule has 22 heavy (non-hydrogen) atoms. The van der Waals surface area contributed by atoms with Gasteiger partial charge in [-0.25, -0.2) is 13.2 Å². The van der Waals surface area contributed by atoms with E-state index in [2.05, 4.69) is 0 Å². The Morgan fingerprint density at radius 1 is 1.36 bits per heavy atom. The average Bonchev–Trinajstić information content (AvgIpc) is 2.67. The summed E-state index contributed by atoms with van der Waals surface area (Å²) in [5.41, 5.74) is 0.866. The van der Waals surface area contributed by atoms with Crippen LogP contribution >= 0.6 is 0 Å². The van der Waals surface area contributed by atoms with E-state index in [-0.39, 0.29) is 19.6 Å². The van der Waals surface area contributed by atoms with E-state index in [1.165, 1.54) is 4.90 Å². The Morgan fingerprint density at radius 3 is 2.68 bits per heavy atom. The van der Waals surface area contributed by atoms with Gasteiger partial charge in [-0.15, -0.1) is 0 Å². The maximum absolute atomic E-state index is 12.1. The third-order valence-corrected chi connectivity index (χ3v) is 5.31. The molecular weight excluding hydrogens is 306 g/mol. The zero-order chi connectivity index (χ0) is 16.2. The van der Waals surface area contributed by atoms with Crippen LogP contribution in [0.4, 0.5) is 4.79 Å². The first kappa shape index (κ1) is 16.8. The van der Waals surface area contributed by atoms with Crippen LogP contribution in [0.2, 0.25) is 0 Å². The number of ether oxygens (including phenoxy) is 1. The number of hydrogen-bond acceptors (Lipinski definition) is 5. The van der Waals surface area contributed by atoms with Gasteiger partial charge in [-0.1, -0.05) is 30.3 Å². The third-order valence-electron chi connectivity index (χ3n) is 3.76. The van der Waals surface area contributed by atoms with Crippen LogP contribution in [0.3, 0.4) is 0 Å². The Morgan fingerprint density at radius 2 is 2.05 bits per heavy atom. The van der Waals surface area contributed by atoms with E-state index in [9.17, 15) is 18.3 Å². The van der Waals surface area contributed by atoms with Crippen molar-refractivity contribution in [3.63, 3.8) is 0 Å². The van der Waals surface area contributed by atoms with Crippen LogP contribution in [0.15, 0.2) is 30.3 Å². The zero-order valence-electron chi connectivity index (χ0n) is 12.5. The van der Waals surface area contributed by atoms with E-state index < -0.39 is 27.3 Å². The molecule has 1 heterocycles.